The standard InChI is InChI=1S/C13H25N3/c1-10(2)15-13(8-14)9-16-6-5-11(3)7-12(16)4/h10-13,15H,5-7,9H2,1-4H3. The third-order valence-electron chi connectivity index (χ3n) is 3.38. The highest BCUT2D eigenvalue weighted by molar-refractivity contribution is 4.94. The van der Waals surface area contributed by atoms with Crippen molar-refractivity contribution in [1.82, 2.24) is 10.2 Å². The summed E-state index contributed by atoms with van der Waals surface area (Å²) in [5.74, 6) is 0.838. The summed E-state index contributed by atoms with van der Waals surface area (Å²) in [7, 11) is 0. The first-order chi connectivity index (χ1) is 7.52. The number of nitrogens with one attached hydrogen (secondary N) is 1. The van der Waals surface area contributed by atoms with Crippen LogP contribution in [0.5, 0.6) is 0 Å². The molecule has 0 aliphatic carbocycles. The van der Waals surface area contributed by atoms with Crippen molar-refractivity contribution in [3.8, 4) is 6.07 Å². The second kappa shape index (κ2) is 6.22. The van der Waals surface area contributed by atoms with Crippen LogP contribution < -0.4 is 5.32 Å². The first-order valence-corrected chi connectivity index (χ1v) is 6.42. The third-order valence-corrected chi connectivity index (χ3v) is 3.38. The van der Waals surface area contributed by atoms with Crippen LogP contribution in [-0.2, 0) is 0 Å². The van der Waals surface area contributed by atoms with Crippen molar-refractivity contribution in [2.75, 3.05) is 13.1 Å². The summed E-state index contributed by atoms with van der Waals surface area (Å²) in [4.78, 5) is 2.45. The van der Waals surface area contributed by atoms with Gasteiger partial charge in [0.25, 0.3) is 0 Å². The average Bonchev–Trinajstić information content (AvgIpc) is 2.20. The van der Waals surface area contributed by atoms with Gasteiger partial charge in [-0.3, -0.25) is 10.2 Å². The summed E-state index contributed by atoms with van der Waals surface area (Å²) >= 11 is 0. The zero-order valence-electron chi connectivity index (χ0n) is 11.0. The lowest BCUT2D eigenvalue weighted by atomic mass is 9.93. The third kappa shape index (κ3) is 4.11. The Morgan fingerprint density at radius 2 is 2.12 bits per heavy atom. The van der Waals surface area contributed by atoms with Crippen molar-refractivity contribution in [3.05, 3.63) is 0 Å². The molecule has 1 aliphatic rings. The van der Waals surface area contributed by atoms with Crippen LogP contribution >= 0.6 is 0 Å². The van der Waals surface area contributed by atoms with Crippen molar-refractivity contribution in [2.24, 2.45) is 5.92 Å². The van der Waals surface area contributed by atoms with Gasteiger partial charge < -0.3 is 0 Å². The van der Waals surface area contributed by atoms with Crippen LogP contribution in [0.2, 0.25) is 0 Å². The van der Waals surface area contributed by atoms with Crippen LogP contribution in [0.3, 0.4) is 0 Å². The molecule has 3 unspecified atom stereocenters. The van der Waals surface area contributed by atoms with Gasteiger partial charge in [0.2, 0.25) is 0 Å². The molecule has 0 saturated carbocycles. The topological polar surface area (TPSA) is 39.1 Å². The van der Waals surface area contributed by atoms with E-state index in [-0.39, 0.29) is 6.04 Å². The lowest BCUT2D eigenvalue weighted by Gasteiger charge is -2.37. The van der Waals surface area contributed by atoms with E-state index in [9.17, 15) is 0 Å². The molecule has 1 fully saturated rings. The number of nitrogens with zero attached hydrogens (tertiary/aromatic N) is 2. The lowest BCUT2D eigenvalue weighted by Crippen LogP contribution is -2.48. The molecule has 1 heterocycles. The van der Waals surface area contributed by atoms with Gasteiger partial charge in [0.05, 0.1) is 6.07 Å². The molecule has 0 amide bonds. The zero-order chi connectivity index (χ0) is 12.1. The molecule has 1 rings (SSSR count). The SMILES string of the molecule is CC1CCN(CC(C#N)NC(C)C)C(C)C1. The van der Waals surface area contributed by atoms with Crippen molar-refractivity contribution >= 4 is 0 Å². The molecule has 3 nitrogen and oxygen atoms in total. The fraction of sp³-hybridized carbons (Fsp3) is 0.923. The van der Waals surface area contributed by atoms with Gasteiger partial charge in [-0.05, 0) is 46.1 Å². The molecule has 92 valence electrons. The minimum absolute atomic E-state index is 0.0316. The molecule has 16 heavy (non-hydrogen) atoms. The summed E-state index contributed by atoms with van der Waals surface area (Å²) in [5.41, 5.74) is 0. The molecule has 1 aliphatic heterocycles. The van der Waals surface area contributed by atoms with Crippen LogP contribution in [0, 0.1) is 17.2 Å². The van der Waals surface area contributed by atoms with Gasteiger partial charge in [-0.2, -0.15) is 5.26 Å². The Hall–Kier alpha value is -0.590. The predicted molar refractivity (Wildman–Crippen MR) is 67.1 cm³/mol. The Kier molecular flexibility index (Phi) is 5.24. The van der Waals surface area contributed by atoms with E-state index in [0.29, 0.717) is 12.1 Å². The fourth-order valence-electron chi connectivity index (χ4n) is 2.49. The molecule has 0 aromatic carbocycles. The maximum Gasteiger partial charge on any atom is 0.108 e. The minimum atomic E-state index is -0.0316. The number of piperidine rings is 1. The molecular formula is C13H25N3. The second-order valence-electron chi connectivity index (χ2n) is 5.48. The predicted octanol–water partition coefficient (Wildman–Crippen LogP) is 2.00. The molecule has 0 radical (unpaired) electrons. The fourth-order valence-corrected chi connectivity index (χ4v) is 2.49. The Balaban J connectivity index is 2.43. The molecule has 0 bridgehead atoms. The number of nitriles is 1. The minimum Gasteiger partial charge on any atom is -0.299 e. The Morgan fingerprint density at radius 3 is 2.62 bits per heavy atom. The van der Waals surface area contributed by atoms with Crippen molar-refractivity contribution in [1.29, 1.82) is 5.26 Å². The Bertz CT molecular complexity index is 244. The highest BCUT2D eigenvalue weighted by atomic mass is 15.2. The quantitative estimate of drug-likeness (QED) is 0.792. The summed E-state index contributed by atoms with van der Waals surface area (Å²) in [6, 6.07) is 3.33. The molecule has 0 aromatic heterocycles. The maximum absolute atomic E-state index is 9.10. The first kappa shape index (κ1) is 13.5. The van der Waals surface area contributed by atoms with E-state index in [1.54, 1.807) is 0 Å². The van der Waals surface area contributed by atoms with E-state index >= 15 is 0 Å². The van der Waals surface area contributed by atoms with Crippen LogP contribution in [-0.4, -0.2) is 36.1 Å². The van der Waals surface area contributed by atoms with Gasteiger partial charge in [0, 0.05) is 18.6 Å². The van der Waals surface area contributed by atoms with Crippen molar-refractivity contribution in [3.63, 3.8) is 0 Å². The molecule has 0 aromatic rings. The van der Waals surface area contributed by atoms with Gasteiger partial charge in [0.15, 0.2) is 0 Å². The number of likely N-dealkylation sites (tertiary alicyclic amines) is 1. The van der Waals surface area contributed by atoms with Gasteiger partial charge in [-0.1, -0.05) is 6.92 Å². The molecule has 0 spiro atoms. The van der Waals surface area contributed by atoms with Gasteiger partial charge in [0.1, 0.15) is 6.04 Å². The van der Waals surface area contributed by atoms with E-state index in [4.69, 9.17) is 5.26 Å². The van der Waals surface area contributed by atoms with Crippen molar-refractivity contribution in [2.45, 2.75) is 58.7 Å². The molecular weight excluding hydrogens is 198 g/mol. The molecule has 3 heteroatoms. The second-order valence-corrected chi connectivity index (χ2v) is 5.48. The van der Waals surface area contributed by atoms with E-state index in [1.165, 1.54) is 12.8 Å². The highest BCUT2D eigenvalue weighted by Crippen LogP contribution is 2.21. The highest BCUT2D eigenvalue weighted by Gasteiger charge is 2.25. The van der Waals surface area contributed by atoms with E-state index < -0.39 is 0 Å². The number of hydrogen-bond donors (Lipinski definition) is 1. The van der Waals surface area contributed by atoms with Gasteiger partial charge in [-0.15, -0.1) is 0 Å². The summed E-state index contributed by atoms with van der Waals surface area (Å²) in [5, 5.41) is 12.4. The zero-order valence-corrected chi connectivity index (χ0v) is 11.0. The van der Waals surface area contributed by atoms with Crippen LogP contribution in [0.25, 0.3) is 0 Å². The Labute approximate surface area is 99.8 Å². The Morgan fingerprint density at radius 1 is 1.44 bits per heavy atom. The summed E-state index contributed by atoms with van der Waals surface area (Å²) < 4.78 is 0. The summed E-state index contributed by atoms with van der Waals surface area (Å²) in [6.45, 7) is 10.8. The van der Waals surface area contributed by atoms with Gasteiger partial charge >= 0.3 is 0 Å². The van der Waals surface area contributed by atoms with Gasteiger partial charge in [-0.25, -0.2) is 0 Å². The monoisotopic (exact) mass is 223 g/mol. The van der Waals surface area contributed by atoms with Crippen LogP contribution in [0.1, 0.15) is 40.5 Å². The van der Waals surface area contributed by atoms with Crippen LogP contribution in [0.4, 0.5) is 0 Å². The lowest BCUT2D eigenvalue weighted by molar-refractivity contribution is 0.122. The van der Waals surface area contributed by atoms with Crippen molar-refractivity contribution < 1.29 is 0 Å². The average molecular weight is 223 g/mol. The number of hydrogen-bond acceptors (Lipinski definition) is 3. The largest absolute Gasteiger partial charge is 0.299 e. The van der Waals surface area contributed by atoms with E-state index in [0.717, 1.165) is 19.0 Å². The molecule has 1 N–H and O–H groups in total. The molecule has 1 saturated heterocycles. The van der Waals surface area contributed by atoms with Crippen LogP contribution in [0.15, 0.2) is 0 Å². The summed E-state index contributed by atoms with van der Waals surface area (Å²) in [6.07, 6.45) is 2.53. The smallest absolute Gasteiger partial charge is 0.108 e. The molecule has 3 atom stereocenters. The normalized spacial score (nSPS) is 29.0. The maximum atomic E-state index is 9.10. The van der Waals surface area contributed by atoms with E-state index in [1.807, 2.05) is 0 Å². The number of rotatable bonds is 4. The first-order valence-electron chi connectivity index (χ1n) is 6.42. The van der Waals surface area contributed by atoms with E-state index in [2.05, 4.69) is 44.0 Å².